The van der Waals surface area contributed by atoms with Gasteiger partial charge in [0.05, 0.1) is 12.7 Å². The number of rotatable bonds is 3. The molecule has 1 aromatic carbocycles. The average molecular weight is 269 g/mol. The van der Waals surface area contributed by atoms with E-state index in [2.05, 4.69) is 15.1 Å². The van der Waals surface area contributed by atoms with Crippen LogP contribution in [0.5, 0.6) is 0 Å². The highest BCUT2D eigenvalue weighted by Crippen LogP contribution is 2.22. The van der Waals surface area contributed by atoms with Gasteiger partial charge in [0.1, 0.15) is 18.0 Å². The van der Waals surface area contributed by atoms with Crippen molar-refractivity contribution in [2.24, 2.45) is 0 Å². The molecule has 0 radical (unpaired) electrons. The summed E-state index contributed by atoms with van der Waals surface area (Å²) in [6.07, 6.45) is 6.57. The van der Waals surface area contributed by atoms with Crippen molar-refractivity contribution in [1.82, 2.24) is 19.7 Å². The number of aromatic nitrogens is 4. The molecule has 0 aliphatic rings. The van der Waals surface area contributed by atoms with E-state index < -0.39 is 0 Å². The number of nitrogen functional groups attached to an aromatic ring is 1. The first kappa shape index (κ1) is 12.3. The molecule has 2 aromatic heterocycles. The molecule has 0 aliphatic heterocycles. The number of anilines is 1. The largest absolute Gasteiger partial charge is 0.383 e. The average Bonchev–Trinajstić information content (AvgIpc) is 2.87. The lowest BCUT2D eigenvalue weighted by Crippen LogP contribution is -2.00. The van der Waals surface area contributed by atoms with E-state index in [1.54, 1.807) is 23.1 Å². The topological polar surface area (TPSA) is 69.6 Å². The Bertz CT molecular complexity index is 738. The fraction of sp³-hybridized carbons (Fsp3) is 0.0714. The van der Waals surface area contributed by atoms with Crippen LogP contribution in [0.25, 0.3) is 11.1 Å². The van der Waals surface area contributed by atoms with E-state index in [1.165, 1.54) is 18.5 Å². The molecule has 2 N–H and O–H groups in total. The van der Waals surface area contributed by atoms with Crippen LogP contribution in [0.2, 0.25) is 0 Å². The van der Waals surface area contributed by atoms with Crippen LogP contribution in [-0.4, -0.2) is 19.7 Å². The van der Waals surface area contributed by atoms with Crippen molar-refractivity contribution in [2.45, 2.75) is 6.54 Å². The van der Waals surface area contributed by atoms with Gasteiger partial charge in [0.15, 0.2) is 0 Å². The summed E-state index contributed by atoms with van der Waals surface area (Å²) in [7, 11) is 0. The molecule has 0 saturated carbocycles. The summed E-state index contributed by atoms with van der Waals surface area (Å²) in [6.45, 7) is 0.491. The lowest BCUT2D eigenvalue weighted by molar-refractivity contribution is 0.619. The van der Waals surface area contributed by atoms with Crippen LogP contribution < -0.4 is 5.73 Å². The van der Waals surface area contributed by atoms with E-state index in [0.717, 1.165) is 16.7 Å². The molecule has 20 heavy (non-hydrogen) atoms. The van der Waals surface area contributed by atoms with Crippen LogP contribution in [0.4, 0.5) is 10.2 Å². The molecule has 0 spiro atoms. The molecular weight excluding hydrogens is 257 g/mol. The van der Waals surface area contributed by atoms with Gasteiger partial charge >= 0.3 is 0 Å². The molecular formula is C14H12FN5. The first-order chi connectivity index (χ1) is 9.72. The first-order valence-electron chi connectivity index (χ1n) is 6.05. The van der Waals surface area contributed by atoms with Gasteiger partial charge < -0.3 is 5.73 Å². The smallest absolute Gasteiger partial charge is 0.134 e. The van der Waals surface area contributed by atoms with Crippen molar-refractivity contribution in [1.29, 1.82) is 0 Å². The molecule has 3 rings (SSSR count). The molecule has 6 heteroatoms. The van der Waals surface area contributed by atoms with Gasteiger partial charge in [0.2, 0.25) is 0 Å². The SMILES string of the molecule is Nc1ncncc1-c1cnn(Cc2cccc(F)c2)c1. The number of halogens is 1. The van der Waals surface area contributed by atoms with Crippen LogP contribution >= 0.6 is 0 Å². The second-order valence-corrected chi connectivity index (χ2v) is 4.38. The minimum absolute atomic E-state index is 0.254. The van der Waals surface area contributed by atoms with E-state index in [4.69, 9.17) is 5.73 Å². The zero-order chi connectivity index (χ0) is 13.9. The molecule has 5 nitrogen and oxygen atoms in total. The van der Waals surface area contributed by atoms with Crippen molar-refractivity contribution in [3.8, 4) is 11.1 Å². The summed E-state index contributed by atoms with van der Waals surface area (Å²) in [6, 6.07) is 6.43. The third-order valence-corrected chi connectivity index (χ3v) is 2.92. The van der Waals surface area contributed by atoms with Crippen molar-refractivity contribution >= 4 is 5.82 Å². The van der Waals surface area contributed by atoms with E-state index >= 15 is 0 Å². The van der Waals surface area contributed by atoms with Gasteiger partial charge in [-0.3, -0.25) is 4.68 Å². The summed E-state index contributed by atoms with van der Waals surface area (Å²) in [5.41, 5.74) is 8.21. The zero-order valence-electron chi connectivity index (χ0n) is 10.6. The maximum Gasteiger partial charge on any atom is 0.134 e. The predicted molar refractivity (Wildman–Crippen MR) is 73.2 cm³/mol. The molecule has 0 fully saturated rings. The third kappa shape index (κ3) is 2.49. The van der Waals surface area contributed by atoms with Crippen LogP contribution in [0.3, 0.4) is 0 Å². The zero-order valence-corrected chi connectivity index (χ0v) is 10.6. The minimum atomic E-state index is -0.254. The van der Waals surface area contributed by atoms with Crippen LogP contribution in [-0.2, 0) is 6.54 Å². The van der Waals surface area contributed by atoms with E-state index in [1.807, 2.05) is 12.3 Å². The molecule has 2 heterocycles. The van der Waals surface area contributed by atoms with E-state index in [-0.39, 0.29) is 5.82 Å². The van der Waals surface area contributed by atoms with Crippen LogP contribution in [0, 0.1) is 5.82 Å². The quantitative estimate of drug-likeness (QED) is 0.790. The molecule has 0 unspecified atom stereocenters. The molecule has 0 saturated heterocycles. The fourth-order valence-electron chi connectivity index (χ4n) is 1.97. The van der Waals surface area contributed by atoms with Gasteiger partial charge in [-0.2, -0.15) is 5.10 Å². The lowest BCUT2D eigenvalue weighted by Gasteiger charge is -2.02. The highest BCUT2D eigenvalue weighted by molar-refractivity contribution is 5.71. The summed E-state index contributed by atoms with van der Waals surface area (Å²) in [4.78, 5) is 7.89. The van der Waals surface area contributed by atoms with Gasteiger partial charge in [-0.1, -0.05) is 12.1 Å². The number of hydrogen-bond donors (Lipinski definition) is 1. The van der Waals surface area contributed by atoms with E-state index in [9.17, 15) is 4.39 Å². The van der Waals surface area contributed by atoms with Crippen molar-refractivity contribution < 1.29 is 4.39 Å². The predicted octanol–water partition coefficient (Wildman–Crippen LogP) is 2.11. The monoisotopic (exact) mass is 269 g/mol. The lowest BCUT2D eigenvalue weighted by atomic mass is 10.2. The van der Waals surface area contributed by atoms with Gasteiger partial charge in [-0.05, 0) is 17.7 Å². The number of hydrogen-bond acceptors (Lipinski definition) is 4. The maximum absolute atomic E-state index is 13.1. The Morgan fingerprint density at radius 3 is 2.95 bits per heavy atom. The van der Waals surface area contributed by atoms with Crippen molar-refractivity contribution in [2.75, 3.05) is 5.73 Å². The fourth-order valence-corrected chi connectivity index (χ4v) is 1.97. The third-order valence-electron chi connectivity index (χ3n) is 2.92. The molecule has 0 atom stereocenters. The van der Waals surface area contributed by atoms with Crippen LogP contribution in [0.15, 0.2) is 49.2 Å². The normalized spacial score (nSPS) is 10.7. The Morgan fingerprint density at radius 1 is 1.25 bits per heavy atom. The Morgan fingerprint density at radius 2 is 2.15 bits per heavy atom. The van der Waals surface area contributed by atoms with E-state index in [0.29, 0.717) is 12.4 Å². The summed E-state index contributed by atoms with van der Waals surface area (Å²) in [5.74, 6) is 0.154. The standard InChI is InChI=1S/C14H12FN5/c15-12-3-1-2-10(4-12)7-20-8-11(5-19-20)13-6-17-9-18-14(13)16/h1-6,8-9H,7H2,(H2,16,17,18). The Labute approximate surface area is 114 Å². The minimum Gasteiger partial charge on any atom is -0.383 e. The second-order valence-electron chi connectivity index (χ2n) is 4.38. The Kier molecular flexibility index (Phi) is 3.12. The second kappa shape index (κ2) is 5.08. The van der Waals surface area contributed by atoms with Gasteiger partial charge in [0, 0.05) is 23.5 Å². The summed E-state index contributed by atoms with van der Waals surface area (Å²) < 4.78 is 14.8. The van der Waals surface area contributed by atoms with Crippen LogP contribution in [0.1, 0.15) is 5.56 Å². The molecule has 0 aliphatic carbocycles. The number of benzene rings is 1. The van der Waals surface area contributed by atoms with Gasteiger partial charge in [-0.15, -0.1) is 0 Å². The number of nitrogens with zero attached hydrogens (tertiary/aromatic N) is 4. The highest BCUT2D eigenvalue weighted by Gasteiger charge is 2.07. The molecule has 3 aromatic rings. The summed E-state index contributed by atoms with van der Waals surface area (Å²) >= 11 is 0. The summed E-state index contributed by atoms with van der Waals surface area (Å²) in [5, 5.41) is 4.24. The Hall–Kier alpha value is -2.76. The first-order valence-corrected chi connectivity index (χ1v) is 6.05. The van der Waals surface area contributed by atoms with Gasteiger partial charge in [-0.25, -0.2) is 14.4 Å². The molecule has 0 amide bonds. The maximum atomic E-state index is 13.1. The van der Waals surface area contributed by atoms with Crippen molar-refractivity contribution in [3.05, 3.63) is 60.6 Å². The van der Waals surface area contributed by atoms with Gasteiger partial charge in [0.25, 0.3) is 0 Å². The number of nitrogens with two attached hydrogens (primary N) is 1. The molecule has 100 valence electrons. The highest BCUT2D eigenvalue weighted by atomic mass is 19.1. The van der Waals surface area contributed by atoms with Crippen molar-refractivity contribution in [3.63, 3.8) is 0 Å². The Balaban J connectivity index is 1.86. The molecule has 0 bridgehead atoms.